The van der Waals surface area contributed by atoms with Crippen LogP contribution in [0.2, 0.25) is 0 Å². The summed E-state index contributed by atoms with van der Waals surface area (Å²) in [5.74, 6) is 1.03. The van der Waals surface area contributed by atoms with Gasteiger partial charge in [-0.25, -0.2) is 0 Å². The first-order valence-electron chi connectivity index (χ1n) is 7.73. The number of likely N-dealkylation sites (tertiary alicyclic amines) is 1. The molecular formula is C15H22N4O3. The van der Waals surface area contributed by atoms with Gasteiger partial charge in [-0.15, -0.1) is 5.10 Å². The maximum Gasteiger partial charge on any atom is 0.248 e. The smallest absolute Gasteiger partial charge is 0.248 e. The summed E-state index contributed by atoms with van der Waals surface area (Å²) in [7, 11) is 0. The van der Waals surface area contributed by atoms with E-state index < -0.39 is 6.61 Å². The van der Waals surface area contributed by atoms with Crippen molar-refractivity contribution in [2.75, 3.05) is 44.3 Å². The van der Waals surface area contributed by atoms with E-state index in [1.807, 2.05) is 19.1 Å². The highest BCUT2D eigenvalue weighted by Gasteiger charge is 2.35. The van der Waals surface area contributed by atoms with Gasteiger partial charge in [0.25, 0.3) is 0 Å². The van der Waals surface area contributed by atoms with Crippen LogP contribution in [0, 0.1) is 12.8 Å². The van der Waals surface area contributed by atoms with Crippen LogP contribution in [0.3, 0.4) is 0 Å². The number of hydrogen-bond donors (Lipinski definition) is 1. The lowest BCUT2D eigenvalue weighted by Crippen LogP contribution is -2.49. The van der Waals surface area contributed by atoms with Crippen LogP contribution < -0.4 is 4.90 Å². The van der Waals surface area contributed by atoms with Gasteiger partial charge < -0.3 is 19.6 Å². The average Bonchev–Trinajstić information content (AvgIpc) is 2.76. The number of anilines is 1. The average molecular weight is 306 g/mol. The summed E-state index contributed by atoms with van der Waals surface area (Å²) < 4.78 is 5.94. The predicted molar refractivity (Wildman–Crippen MR) is 80.5 cm³/mol. The molecule has 0 saturated carbocycles. The summed E-state index contributed by atoms with van der Waals surface area (Å²) in [6.07, 6.45) is 0.916. The van der Waals surface area contributed by atoms with Gasteiger partial charge in [0.2, 0.25) is 5.91 Å². The Hall–Kier alpha value is -1.73. The van der Waals surface area contributed by atoms with Gasteiger partial charge in [0.15, 0.2) is 5.82 Å². The number of amides is 1. The van der Waals surface area contributed by atoms with E-state index in [0.29, 0.717) is 25.6 Å². The molecule has 3 heterocycles. The zero-order valence-corrected chi connectivity index (χ0v) is 12.8. The molecule has 1 aromatic rings. The molecule has 0 bridgehead atoms. The van der Waals surface area contributed by atoms with Crippen molar-refractivity contribution in [2.45, 2.75) is 19.4 Å². The van der Waals surface area contributed by atoms with Gasteiger partial charge in [0, 0.05) is 32.1 Å². The zero-order valence-electron chi connectivity index (χ0n) is 12.8. The number of aromatic nitrogens is 2. The molecule has 1 aromatic heterocycles. The molecule has 2 fully saturated rings. The highest BCUT2D eigenvalue weighted by Crippen LogP contribution is 2.26. The highest BCUT2D eigenvalue weighted by molar-refractivity contribution is 5.77. The molecule has 0 radical (unpaired) electrons. The first-order valence-corrected chi connectivity index (χ1v) is 7.73. The largest absolute Gasteiger partial charge is 0.387 e. The van der Waals surface area contributed by atoms with Crippen LogP contribution in [-0.4, -0.2) is 71.6 Å². The standard InChI is InChI=1S/C15H22N4O3/c1-11-2-3-14(17-16-11)18-6-7-22-13-9-19(15(21)10-20)5-4-12(13)8-18/h2-3,12-13,20H,4-10H2,1H3/t12-,13-/m1/s1. The van der Waals surface area contributed by atoms with Gasteiger partial charge in [0.05, 0.1) is 18.4 Å². The van der Waals surface area contributed by atoms with Crippen molar-refractivity contribution < 1.29 is 14.6 Å². The van der Waals surface area contributed by atoms with Gasteiger partial charge in [0.1, 0.15) is 6.61 Å². The van der Waals surface area contributed by atoms with Crippen LogP contribution in [0.5, 0.6) is 0 Å². The summed E-state index contributed by atoms with van der Waals surface area (Å²) in [6.45, 7) is 4.99. The van der Waals surface area contributed by atoms with Gasteiger partial charge in [-0.3, -0.25) is 4.79 Å². The van der Waals surface area contributed by atoms with E-state index in [4.69, 9.17) is 9.84 Å². The number of ether oxygens (including phenoxy) is 1. The Morgan fingerprint density at radius 3 is 2.95 bits per heavy atom. The van der Waals surface area contributed by atoms with Crippen molar-refractivity contribution in [3.8, 4) is 0 Å². The van der Waals surface area contributed by atoms with Gasteiger partial charge in [-0.1, -0.05) is 0 Å². The zero-order chi connectivity index (χ0) is 15.5. The van der Waals surface area contributed by atoms with Crippen molar-refractivity contribution >= 4 is 11.7 Å². The molecule has 2 atom stereocenters. The van der Waals surface area contributed by atoms with E-state index in [-0.39, 0.29) is 12.0 Å². The van der Waals surface area contributed by atoms with Crippen LogP contribution in [0.4, 0.5) is 5.82 Å². The molecule has 2 aliphatic rings. The minimum Gasteiger partial charge on any atom is -0.387 e. The third-order valence-corrected chi connectivity index (χ3v) is 4.44. The molecule has 2 saturated heterocycles. The van der Waals surface area contributed by atoms with Gasteiger partial charge in [-0.2, -0.15) is 5.10 Å². The number of carbonyl (C=O) groups is 1. The molecule has 120 valence electrons. The Labute approximate surface area is 129 Å². The molecule has 0 aliphatic carbocycles. The first kappa shape index (κ1) is 15.2. The number of aliphatic hydroxyl groups excluding tert-OH is 1. The summed E-state index contributed by atoms with van der Waals surface area (Å²) >= 11 is 0. The van der Waals surface area contributed by atoms with Crippen molar-refractivity contribution in [1.29, 1.82) is 0 Å². The fourth-order valence-electron chi connectivity index (χ4n) is 3.15. The minimum atomic E-state index is -0.428. The Kier molecular flexibility index (Phi) is 4.54. The monoisotopic (exact) mass is 306 g/mol. The number of nitrogens with zero attached hydrogens (tertiary/aromatic N) is 4. The third kappa shape index (κ3) is 3.20. The van der Waals surface area contributed by atoms with Crippen LogP contribution in [0.15, 0.2) is 12.1 Å². The molecular weight excluding hydrogens is 284 g/mol. The molecule has 0 unspecified atom stereocenters. The molecule has 7 nitrogen and oxygen atoms in total. The number of rotatable bonds is 2. The molecule has 0 aromatic carbocycles. The quantitative estimate of drug-likeness (QED) is 0.817. The maximum absolute atomic E-state index is 11.6. The lowest BCUT2D eigenvalue weighted by atomic mass is 9.93. The number of carbonyl (C=O) groups excluding carboxylic acids is 1. The number of piperidine rings is 1. The Bertz CT molecular complexity index is 522. The van der Waals surface area contributed by atoms with Crippen molar-refractivity contribution in [2.24, 2.45) is 5.92 Å². The summed E-state index contributed by atoms with van der Waals surface area (Å²) in [5, 5.41) is 17.4. The van der Waals surface area contributed by atoms with E-state index >= 15 is 0 Å². The lowest BCUT2D eigenvalue weighted by molar-refractivity contribution is -0.139. The van der Waals surface area contributed by atoms with E-state index in [2.05, 4.69) is 15.1 Å². The molecule has 1 amide bonds. The highest BCUT2D eigenvalue weighted by atomic mass is 16.5. The number of aliphatic hydroxyl groups is 1. The lowest BCUT2D eigenvalue weighted by Gasteiger charge is -2.37. The molecule has 1 N–H and O–H groups in total. The normalized spacial score (nSPS) is 25.5. The van der Waals surface area contributed by atoms with Crippen LogP contribution in [0.25, 0.3) is 0 Å². The maximum atomic E-state index is 11.6. The Morgan fingerprint density at radius 1 is 1.36 bits per heavy atom. The van der Waals surface area contributed by atoms with E-state index in [9.17, 15) is 4.79 Å². The van der Waals surface area contributed by atoms with Crippen molar-refractivity contribution in [1.82, 2.24) is 15.1 Å². The van der Waals surface area contributed by atoms with Gasteiger partial charge in [-0.05, 0) is 25.5 Å². The van der Waals surface area contributed by atoms with E-state index in [1.54, 1.807) is 4.90 Å². The minimum absolute atomic E-state index is 0.0349. The second-order valence-electron chi connectivity index (χ2n) is 5.93. The second-order valence-corrected chi connectivity index (χ2v) is 5.93. The van der Waals surface area contributed by atoms with Crippen LogP contribution in [0.1, 0.15) is 12.1 Å². The van der Waals surface area contributed by atoms with Crippen LogP contribution in [-0.2, 0) is 9.53 Å². The van der Waals surface area contributed by atoms with E-state index in [1.165, 1.54) is 0 Å². The summed E-state index contributed by atoms with van der Waals surface area (Å²) in [6, 6.07) is 3.96. The number of aryl methyl sites for hydroxylation is 1. The summed E-state index contributed by atoms with van der Waals surface area (Å²) in [5.41, 5.74) is 0.906. The van der Waals surface area contributed by atoms with E-state index in [0.717, 1.165) is 31.0 Å². The summed E-state index contributed by atoms with van der Waals surface area (Å²) in [4.78, 5) is 15.5. The number of hydrogen-bond acceptors (Lipinski definition) is 6. The topological polar surface area (TPSA) is 78.8 Å². The SMILES string of the molecule is Cc1ccc(N2CCO[C@@H]3CN(C(=O)CO)CC[C@@H]3C2)nn1. The molecule has 7 heteroatoms. The number of fused-ring (bicyclic) bond motifs is 1. The molecule has 2 aliphatic heterocycles. The van der Waals surface area contributed by atoms with Crippen LogP contribution >= 0.6 is 0 Å². The molecule has 0 spiro atoms. The second kappa shape index (κ2) is 6.58. The Balaban J connectivity index is 1.67. The van der Waals surface area contributed by atoms with Crippen molar-refractivity contribution in [3.63, 3.8) is 0 Å². The van der Waals surface area contributed by atoms with Crippen molar-refractivity contribution in [3.05, 3.63) is 17.8 Å². The third-order valence-electron chi connectivity index (χ3n) is 4.44. The molecule has 22 heavy (non-hydrogen) atoms. The predicted octanol–water partition coefficient (Wildman–Crippen LogP) is -0.169. The fraction of sp³-hybridized carbons (Fsp3) is 0.667. The first-order chi connectivity index (χ1) is 10.7. The Morgan fingerprint density at radius 2 is 2.23 bits per heavy atom. The fourth-order valence-corrected chi connectivity index (χ4v) is 3.15. The molecule has 3 rings (SSSR count). The van der Waals surface area contributed by atoms with Gasteiger partial charge >= 0.3 is 0 Å².